The van der Waals surface area contributed by atoms with Crippen LogP contribution in [-0.2, 0) is 14.9 Å². The molecule has 0 rings (SSSR count). The average molecular weight is 784 g/mol. The summed E-state index contributed by atoms with van der Waals surface area (Å²) in [5.41, 5.74) is 0. The second-order valence-corrected chi connectivity index (χ2v) is 16.1. The van der Waals surface area contributed by atoms with Crippen molar-refractivity contribution in [3.63, 3.8) is 0 Å². The number of carbonyl (C=O) groups is 1. The van der Waals surface area contributed by atoms with E-state index in [-0.39, 0.29) is 12.3 Å². The fourth-order valence-electron chi connectivity index (χ4n) is 6.00. The summed E-state index contributed by atoms with van der Waals surface area (Å²) >= 11 is 0. The Morgan fingerprint density at radius 2 is 0.891 bits per heavy atom. The fraction of sp³-hybridized carbons (Fsp3) is 0.646. The van der Waals surface area contributed by atoms with Gasteiger partial charge >= 0.3 is 0 Å². The highest BCUT2D eigenvalue weighted by atomic mass is 32.2. The van der Waals surface area contributed by atoms with E-state index in [0.29, 0.717) is 12.8 Å². The number of allylic oxidation sites excluding steroid dienone is 15. The van der Waals surface area contributed by atoms with E-state index in [1.807, 2.05) is 0 Å². The topological polar surface area (TPSA) is 104 Å². The second-order valence-electron chi connectivity index (χ2n) is 14.6. The zero-order valence-electron chi connectivity index (χ0n) is 35.0. The van der Waals surface area contributed by atoms with Gasteiger partial charge in [-0.25, -0.2) is 0 Å². The van der Waals surface area contributed by atoms with Crippen molar-refractivity contribution in [2.45, 2.75) is 193 Å². The van der Waals surface area contributed by atoms with E-state index in [1.165, 1.54) is 76.7 Å². The molecule has 2 atom stereocenters. The predicted octanol–water partition coefficient (Wildman–Crippen LogP) is 13.4. The van der Waals surface area contributed by atoms with E-state index in [4.69, 9.17) is 0 Å². The van der Waals surface area contributed by atoms with Gasteiger partial charge in [-0.3, -0.25) is 9.35 Å². The first-order valence-electron chi connectivity index (χ1n) is 21.9. The van der Waals surface area contributed by atoms with Crippen LogP contribution in [0.1, 0.15) is 181 Å². The molecule has 0 aliphatic heterocycles. The molecule has 3 N–H and O–H groups in total. The summed E-state index contributed by atoms with van der Waals surface area (Å²) in [6.07, 6.45) is 61.1. The molecule has 6 nitrogen and oxygen atoms in total. The maximum Gasteiger partial charge on any atom is 0.267 e. The van der Waals surface area contributed by atoms with Crippen LogP contribution in [0.25, 0.3) is 0 Å². The highest BCUT2D eigenvalue weighted by molar-refractivity contribution is 7.85. The van der Waals surface area contributed by atoms with Crippen molar-refractivity contribution in [2.75, 3.05) is 5.75 Å². The summed E-state index contributed by atoms with van der Waals surface area (Å²) in [7, 11) is -4.37. The van der Waals surface area contributed by atoms with E-state index < -0.39 is 28.0 Å². The third kappa shape index (κ3) is 42.2. The minimum Gasteiger partial charge on any atom is -0.387 e. The van der Waals surface area contributed by atoms with Crippen molar-refractivity contribution in [3.05, 3.63) is 97.2 Å². The summed E-state index contributed by atoms with van der Waals surface area (Å²) in [4.78, 5) is 12.5. The molecule has 0 aliphatic carbocycles. The van der Waals surface area contributed by atoms with Gasteiger partial charge in [-0.1, -0.05) is 188 Å². The highest BCUT2D eigenvalue weighted by Crippen LogP contribution is 2.13. The molecule has 0 heterocycles. The summed E-state index contributed by atoms with van der Waals surface area (Å²) < 4.78 is 32.5. The Kier molecular flexibility index (Phi) is 38.9. The average Bonchev–Trinajstić information content (AvgIpc) is 3.15. The lowest BCUT2D eigenvalue weighted by Gasteiger charge is -2.21. The van der Waals surface area contributed by atoms with Gasteiger partial charge < -0.3 is 10.4 Å². The van der Waals surface area contributed by atoms with E-state index in [2.05, 4.69) is 104 Å². The maximum atomic E-state index is 12.5. The standard InChI is InChI=1S/C48H81NO5S/c1-3-5-7-9-11-13-15-17-19-21-22-23-24-25-26-28-30-32-34-36-38-40-42-44-48(51)49-46(45-55(52,53)54)47(50)43-41-39-37-35-33-31-29-27-20-18-16-14-12-10-8-6-4-2/h5,7,11,13,17,19,22-23,25-26,30,32-33,35,41,43,46-47,50H,3-4,6,8-10,12,14-16,18,20-21,24,27-29,31,34,36-40,42,44-45H2,1-2H3,(H,49,51)(H,52,53,54)/b7-5-,13-11-,19-17-,23-22-,26-25-,32-30-,35-33+,43-41+. The van der Waals surface area contributed by atoms with Crippen molar-refractivity contribution >= 4 is 16.0 Å². The van der Waals surface area contributed by atoms with Crippen LogP contribution in [0.4, 0.5) is 0 Å². The monoisotopic (exact) mass is 784 g/mol. The van der Waals surface area contributed by atoms with Gasteiger partial charge in [-0.2, -0.15) is 8.42 Å². The second kappa shape index (κ2) is 40.9. The van der Waals surface area contributed by atoms with Crippen LogP contribution < -0.4 is 5.32 Å². The van der Waals surface area contributed by atoms with Crippen LogP contribution in [0.5, 0.6) is 0 Å². The van der Waals surface area contributed by atoms with Gasteiger partial charge in [0.15, 0.2) is 0 Å². The number of aliphatic hydroxyl groups is 1. The summed E-state index contributed by atoms with van der Waals surface area (Å²) in [5, 5.41) is 13.2. The van der Waals surface area contributed by atoms with Gasteiger partial charge in [-0.15, -0.1) is 0 Å². The van der Waals surface area contributed by atoms with Crippen LogP contribution >= 0.6 is 0 Å². The molecule has 1 amide bonds. The summed E-state index contributed by atoms with van der Waals surface area (Å²) in [6, 6.07) is -1.09. The Labute approximate surface area is 339 Å². The molecule has 55 heavy (non-hydrogen) atoms. The summed E-state index contributed by atoms with van der Waals surface area (Å²) in [6.45, 7) is 4.41. The van der Waals surface area contributed by atoms with Crippen LogP contribution in [0.3, 0.4) is 0 Å². The molecular weight excluding hydrogens is 703 g/mol. The molecule has 2 unspecified atom stereocenters. The van der Waals surface area contributed by atoms with Crippen LogP contribution in [-0.4, -0.2) is 41.9 Å². The molecule has 314 valence electrons. The Hall–Kier alpha value is -2.74. The molecule has 0 aromatic rings. The Bertz CT molecular complexity index is 1220. The third-order valence-corrected chi connectivity index (χ3v) is 10.0. The molecule has 7 heteroatoms. The van der Waals surface area contributed by atoms with Crippen LogP contribution in [0.15, 0.2) is 97.2 Å². The number of hydrogen-bond donors (Lipinski definition) is 3. The van der Waals surface area contributed by atoms with Gasteiger partial charge in [0.25, 0.3) is 10.1 Å². The van der Waals surface area contributed by atoms with Crippen molar-refractivity contribution in [3.8, 4) is 0 Å². The maximum absolute atomic E-state index is 12.5. The van der Waals surface area contributed by atoms with Crippen molar-refractivity contribution in [1.29, 1.82) is 0 Å². The molecule has 0 saturated carbocycles. The largest absolute Gasteiger partial charge is 0.387 e. The first-order chi connectivity index (χ1) is 26.8. The number of unbranched alkanes of at least 4 members (excludes halogenated alkanes) is 16. The van der Waals surface area contributed by atoms with Crippen molar-refractivity contribution in [1.82, 2.24) is 5.32 Å². The van der Waals surface area contributed by atoms with Gasteiger partial charge in [0.05, 0.1) is 17.9 Å². The predicted molar refractivity (Wildman–Crippen MR) is 239 cm³/mol. The van der Waals surface area contributed by atoms with Gasteiger partial charge in [0.1, 0.15) is 0 Å². The molecule has 0 saturated heterocycles. The number of amides is 1. The van der Waals surface area contributed by atoms with Gasteiger partial charge in [0.2, 0.25) is 5.91 Å². The van der Waals surface area contributed by atoms with Crippen molar-refractivity contribution < 1.29 is 22.9 Å². The number of rotatable bonds is 38. The molecule has 0 bridgehead atoms. The minimum atomic E-state index is -4.37. The Morgan fingerprint density at radius 3 is 1.36 bits per heavy atom. The Balaban J connectivity index is 4.03. The normalized spacial score (nSPS) is 14.2. The zero-order chi connectivity index (χ0) is 40.3. The molecule has 0 aromatic carbocycles. The molecule has 0 aromatic heterocycles. The number of nitrogens with one attached hydrogen (secondary N) is 1. The highest BCUT2D eigenvalue weighted by Gasteiger charge is 2.24. The van der Waals surface area contributed by atoms with E-state index in [1.54, 1.807) is 6.08 Å². The summed E-state index contributed by atoms with van der Waals surface area (Å²) in [5.74, 6) is -1.04. The fourth-order valence-corrected chi connectivity index (χ4v) is 6.73. The molecule has 0 spiro atoms. The Morgan fingerprint density at radius 1 is 0.509 bits per heavy atom. The minimum absolute atomic E-state index is 0.252. The van der Waals surface area contributed by atoms with Gasteiger partial charge in [0, 0.05) is 6.42 Å². The van der Waals surface area contributed by atoms with E-state index in [0.717, 1.165) is 77.0 Å². The first kappa shape index (κ1) is 52.3. The number of hydrogen-bond acceptors (Lipinski definition) is 4. The SMILES string of the molecule is CC/C=C\C/C=C\C/C=C\C/C=C\C/C=C\C/C=C\CCCCCCC(=O)NC(CS(=O)(=O)O)C(O)/C=C/CC/C=C/CCCCCCCCCCCCC. The lowest BCUT2D eigenvalue weighted by molar-refractivity contribution is -0.122. The van der Waals surface area contributed by atoms with E-state index >= 15 is 0 Å². The lowest BCUT2D eigenvalue weighted by atomic mass is 10.1. The molecular formula is C48H81NO5S. The number of aliphatic hydroxyl groups excluding tert-OH is 1. The zero-order valence-corrected chi connectivity index (χ0v) is 35.8. The van der Waals surface area contributed by atoms with Crippen LogP contribution in [0.2, 0.25) is 0 Å². The van der Waals surface area contributed by atoms with Crippen molar-refractivity contribution in [2.24, 2.45) is 0 Å². The van der Waals surface area contributed by atoms with Gasteiger partial charge in [-0.05, 0) is 83.5 Å². The number of carbonyl (C=O) groups excluding carboxylic acids is 1. The van der Waals surface area contributed by atoms with E-state index in [9.17, 15) is 22.9 Å². The third-order valence-electron chi connectivity index (χ3n) is 9.24. The molecule has 0 radical (unpaired) electrons. The molecule has 0 aliphatic rings. The molecule has 0 fully saturated rings. The smallest absolute Gasteiger partial charge is 0.267 e. The van der Waals surface area contributed by atoms with Crippen LogP contribution in [0, 0.1) is 0 Å². The lowest BCUT2D eigenvalue weighted by Crippen LogP contribution is -2.46. The first-order valence-corrected chi connectivity index (χ1v) is 23.5. The quantitative estimate of drug-likeness (QED) is 0.0329.